The van der Waals surface area contributed by atoms with Gasteiger partial charge in [-0.3, -0.25) is 0 Å². The number of ether oxygens (including phenoxy) is 3. The smallest absolute Gasteiger partial charge is 0.339 e. The van der Waals surface area contributed by atoms with Crippen LogP contribution in [0.1, 0.15) is 18.6 Å². The van der Waals surface area contributed by atoms with E-state index in [9.17, 15) is 9.90 Å². The standard InChI is InChI=1S/C12H15ClO5/c1-4-18-9-6-10(16-2)8(13)5-7(9)11(14)12(15)17-3/h5-6,11,14H,4H2,1-3H3. The molecule has 0 aromatic heterocycles. The largest absolute Gasteiger partial charge is 0.495 e. The summed E-state index contributed by atoms with van der Waals surface area (Å²) in [5.74, 6) is -0.0465. The normalized spacial score (nSPS) is 11.8. The summed E-state index contributed by atoms with van der Waals surface area (Å²) < 4.78 is 14.9. The number of aliphatic hydroxyl groups is 1. The van der Waals surface area contributed by atoms with Crippen molar-refractivity contribution in [3.8, 4) is 11.5 Å². The zero-order chi connectivity index (χ0) is 13.7. The maximum Gasteiger partial charge on any atom is 0.339 e. The molecule has 1 rings (SSSR count). The maximum atomic E-state index is 11.3. The topological polar surface area (TPSA) is 65.0 Å². The molecule has 0 heterocycles. The van der Waals surface area contributed by atoms with Crippen molar-refractivity contribution in [2.75, 3.05) is 20.8 Å². The number of halogens is 1. The molecule has 100 valence electrons. The molecule has 1 atom stereocenters. The van der Waals surface area contributed by atoms with Gasteiger partial charge in [-0.15, -0.1) is 0 Å². The molecule has 0 aliphatic heterocycles. The fourth-order valence-electron chi connectivity index (χ4n) is 1.44. The van der Waals surface area contributed by atoms with Crippen molar-refractivity contribution in [3.63, 3.8) is 0 Å². The number of esters is 1. The Morgan fingerprint density at radius 1 is 1.39 bits per heavy atom. The monoisotopic (exact) mass is 274 g/mol. The Bertz CT molecular complexity index is 433. The highest BCUT2D eigenvalue weighted by Gasteiger charge is 2.24. The van der Waals surface area contributed by atoms with Gasteiger partial charge >= 0.3 is 5.97 Å². The number of methoxy groups -OCH3 is 2. The summed E-state index contributed by atoms with van der Waals surface area (Å²) in [5, 5.41) is 10.1. The van der Waals surface area contributed by atoms with Gasteiger partial charge in [-0.25, -0.2) is 4.79 Å². The van der Waals surface area contributed by atoms with Crippen molar-refractivity contribution in [1.29, 1.82) is 0 Å². The van der Waals surface area contributed by atoms with Gasteiger partial charge < -0.3 is 19.3 Å². The Kier molecular flexibility index (Phi) is 5.25. The fourth-order valence-corrected chi connectivity index (χ4v) is 1.69. The zero-order valence-corrected chi connectivity index (χ0v) is 11.2. The molecule has 0 amide bonds. The van der Waals surface area contributed by atoms with Gasteiger partial charge in [0.2, 0.25) is 0 Å². The first-order valence-corrected chi connectivity index (χ1v) is 5.69. The van der Waals surface area contributed by atoms with Crippen molar-refractivity contribution >= 4 is 17.6 Å². The van der Waals surface area contributed by atoms with Gasteiger partial charge in [0, 0.05) is 11.6 Å². The number of hydrogen-bond donors (Lipinski definition) is 1. The quantitative estimate of drug-likeness (QED) is 0.832. The van der Waals surface area contributed by atoms with E-state index in [-0.39, 0.29) is 10.6 Å². The molecule has 5 nitrogen and oxygen atoms in total. The lowest BCUT2D eigenvalue weighted by Gasteiger charge is -2.16. The third-order valence-corrected chi connectivity index (χ3v) is 2.60. The van der Waals surface area contributed by atoms with Crippen LogP contribution >= 0.6 is 11.6 Å². The molecule has 0 spiro atoms. The number of carbonyl (C=O) groups excluding carboxylic acids is 1. The Balaban J connectivity index is 3.23. The summed E-state index contributed by atoms with van der Waals surface area (Å²) in [6.45, 7) is 2.17. The number of aliphatic hydroxyl groups excluding tert-OH is 1. The molecule has 0 aliphatic rings. The Hall–Kier alpha value is -1.46. The molecule has 6 heteroatoms. The van der Waals surface area contributed by atoms with E-state index in [1.54, 1.807) is 6.92 Å². The molecule has 1 unspecified atom stereocenters. The van der Waals surface area contributed by atoms with E-state index in [0.29, 0.717) is 18.1 Å². The summed E-state index contributed by atoms with van der Waals surface area (Å²) in [6, 6.07) is 2.94. The summed E-state index contributed by atoms with van der Waals surface area (Å²) in [5.41, 5.74) is 0.245. The lowest BCUT2D eigenvalue weighted by Crippen LogP contribution is -2.15. The average molecular weight is 275 g/mol. The van der Waals surface area contributed by atoms with Crippen LogP contribution in [0.2, 0.25) is 5.02 Å². The third-order valence-electron chi connectivity index (χ3n) is 2.30. The molecule has 0 saturated carbocycles. The Morgan fingerprint density at radius 2 is 2.06 bits per heavy atom. The minimum atomic E-state index is -1.44. The van der Waals surface area contributed by atoms with E-state index in [4.69, 9.17) is 21.1 Å². The van der Waals surface area contributed by atoms with Crippen molar-refractivity contribution < 1.29 is 24.1 Å². The average Bonchev–Trinajstić information content (AvgIpc) is 2.38. The number of carbonyl (C=O) groups is 1. The van der Waals surface area contributed by atoms with E-state index in [1.807, 2.05) is 0 Å². The van der Waals surface area contributed by atoms with Crippen LogP contribution < -0.4 is 9.47 Å². The van der Waals surface area contributed by atoms with Crippen LogP contribution in [0.4, 0.5) is 0 Å². The van der Waals surface area contributed by atoms with E-state index in [1.165, 1.54) is 26.4 Å². The lowest BCUT2D eigenvalue weighted by molar-refractivity contribution is -0.150. The van der Waals surface area contributed by atoms with Gasteiger partial charge in [-0.1, -0.05) is 11.6 Å². The van der Waals surface area contributed by atoms with Crippen molar-refractivity contribution in [3.05, 3.63) is 22.7 Å². The first-order chi connectivity index (χ1) is 8.54. The van der Waals surface area contributed by atoms with Gasteiger partial charge in [0.1, 0.15) is 11.5 Å². The van der Waals surface area contributed by atoms with E-state index in [2.05, 4.69) is 4.74 Å². The Morgan fingerprint density at radius 3 is 2.56 bits per heavy atom. The number of hydrogen-bond acceptors (Lipinski definition) is 5. The van der Waals surface area contributed by atoms with Crippen LogP contribution in [0.15, 0.2) is 12.1 Å². The summed E-state index contributed by atoms with van der Waals surface area (Å²) in [4.78, 5) is 11.3. The van der Waals surface area contributed by atoms with E-state index >= 15 is 0 Å². The SMILES string of the molecule is CCOc1cc(OC)c(Cl)cc1C(O)C(=O)OC. The molecule has 1 aromatic rings. The maximum absolute atomic E-state index is 11.3. The van der Waals surface area contributed by atoms with Gasteiger partial charge in [-0.2, -0.15) is 0 Å². The van der Waals surface area contributed by atoms with Gasteiger partial charge in [0.05, 0.1) is 25.8 Å². The minimum absolute atomic E-state index is 0.245. The predicted molar refractivity (Wildman–Crippen MR) is 66.1 cm³/mol. The summed E-state index contributed by atoms with van der Waals surface area (Å²) in [7, 11) is 2.66. The lowest BCUT2D eigenvalue weighted by atomic mass is 10.1. The second kappa shape index (κ2) is 6.47. The molecular formula is C12H15ClO5. The van der Waals surface area contributed by atoms with Gasteiger partial charge in [0.15, 0.2) is 6.10 Å². The molecular weight excluding hydrogens is 260 g/mol. The van der Waals surface area contributed by atoms with Crippen LogP contribution in [-0.4, -0.2) is 31.9 Å². The van der Waals surface area contributed by atoms with Crippen molar-refractivity contribution in [2.24, 2.45) is 0 Å². The molecule has 0 fully saturated rings. The second-order valence-corrected chi connectivity index (χ2v) is 3.79. The Labute approximate surface area is 110 Å². The van der Waals surface area contributed by atoms with Crippen molar-refractivity contribution in [2.45, 2.75) is 13.0 Å². The molecule has 0 aliphatic carbocycles. The third kappa shape index (κ3) is 3.05. The fraction of sp³-hybridized carbons (Fsp3) is 0.417. The molecule has 1 aromatic carbocycles. The van der Waals surface area contributed by atoms with Crippen LogP contribution in [0.3, 0.4) is 0 Å². The predicted octanol–water partition coefficient (Wildman–Crippen LogP) is 1.95. The number of benzene rings is 1. The van der Waals surface area contributed by atoms with Crippen LogP contribution in [0, 0.1) is 0 Å². The van der Waals surface area contributed by atoms with Crippen LogP contribution in [-0.2, 0) is 9.53 Å². The van der Waals surface area contributed by atoms with Crippen LogP contribution in [0.5, 0.6) is 11.5 Å². The van der Waals surface area contributed by atoms with Crippen LogP contribution in [0.25, 0.3) is 0 Å². The van der Waals surface area contributed by atoms with Crippen molar-refractivity contribution in [1.82, 2.24) is 0 Å². The highest BCUT2D eigenvalue weighted by Crippen LogP contribution is 2.36. The number of rotatable bonds is 5. The highest BCUT2D eigenvalue weighted by atomic mass is 35.5. The minimum Gasteiger partial charge on any atom is -0.495 e. The van der Waals surface area contributed by atoms with Gasteiger partial charge in [0.25, 0.3) is 0 Å². The van der Waals surface area contributed by atoms with E-state index in [0.717, 1.165) is 0 Å². The van der Waals surface area contributed by atoms with E-state index < -0.39 is 12.1 Å². The first-order valence-electron chi connectivity index (χ1n) is 5.31. The summed E-state index contributed by atoms with van der Waals surface area (Å²) >= 11 is 5.95. The first kappa shape index (κ1) is 14.6. The zero-order valence-electron chi connectivity index (χ0n) is 10.4. The molecule has 0 saturated heterocycles. The second-order valence-electron chi connectivity index (χ2n) is 3.38. The molecule has 18 heavy (non-hydrogen) atoms. The molecule has 0 bridgehead atoms. The molecule has 0 radical (unpaired) electrons. The highest BCUT2D eigenvalue weighted by molar-refractivity contribution is 6.32. The van der Waals surface area contributed by atoms with Gasteiger partial charge in [-0.05, 0) is 13.0 Å². The summed E-state index contributed by atoms with van der Waals surface area (Å²) in [6.07, 6.45) is -1.44. The molecule has 1 N–H and O–H groups in total.